The summed E-state index contributed by atoms with van der Waals surface area (Å²) in [5, 5.41) is 2.61. The summed E-state index contributed by atoms with van der Waals surface area (Å²) in [6.07, 6.45) is 1.56. The van der Waals surface area contributed by atoms with Crippen molar-refractivity contribution >= 4 is 11.9 Å². The van der Waals surface area contributed by atoms with E-state index in [1.807, 2.05) is 0 Å². The molecule has 0 radical (unpaired) electrons. The fourth-order valence-electron chi connectivity index (χ4n) is 1.63. The minimum atomic E-state index is -0.791. The fraction of sp³-hybridized carbons (Fsp3) is 0.818. The normalized spacial score (nSPS) is 26.2. The number of amides is 1. The van der Waals surface area contributed by atoms with Crippen LogP contribution in [0.1, 0.15) is 33.6 Å². The summed E-state index contributed by atoms with van der Waals surface area (Å²) in [6.45, 7) is 5.99. The van der Waals surface area contributed by atoms with Crippen LogP contribution in [0, 0.1) is 0 Å². The third-order valence-electron chi connectivity index (χ3n) is 2.69. The van der Waals surface area contributed by atoms with Crippen LogP contribution in [0.2, 0.25) is 0 Å². The maximum Gasteiger partial charge on any atom is 0.328 e. The van der Waals surface area contributed by atoms with Gasteiger partial charge in [0.25, 0.3) is 5.91 Å². The number of carbonyl (C=O) groups excluding carboxylic acids is 2. The highest BCUT2D eigenvalue weighted by molar-refractivity contribution is 5.89. The Morgan fingerprint density at radius 3 is 2.75 bits per heavy atom. The van der Waals surface area contributed by atoms with E-state index in [2.05, 4.69) is 5.32 Å². The molecule has 0 aromatic carbocycles. The Balaban J connectivity index is 2.47. The second kappa shape index (κ2) is 5.30. The zero-order valence-corrected chi connectivity index (χ0v) is 10.0. The van der Waals surface area contributed by atoms with Crippen LogP contribution in [0.4, 0.5) is 0 Å². The van der Waals surface area contributed by atoms with Crippen molar-refractivity contribution in [2.45, 2.75) is 45.3 Å². The first-order valence-electron chi connectivity index (χ1n) is 5.61. The number of carbonyl (C=O) groups is 2. The van der Waals surface area contributed by atoms with Crippen molar-refractivity contribution in [3.8, 4) is 0 Å². The average molecular weight is 229 g/mol. The molecule has 0 bridgehead atoms. The van der Waals surface area contributed by atoms with Crippen LogP contribution in [0.25, 0.3) is 0 Å². The molecule has 1 N–H and O–H groups in total. The summed E-state index contributed by atoms with van der Waals surface area (Å²) in [4.78, 5) is 23.2. The van der Waals surface area contributed by atoms with Gasteiger partial charge in [-0.3, -0.25) is 4.79 Å². The predicted molar refractivity (Wildman–Crippen MR) is 57.8 cm³/mol. The molecule has 2 atom stereocenters. The maximum atomic E-state index is 11.8. The van der Waals surface area contributed by atoms with Crippen molar-refractivity contribution in [1.82, 2.24) is 5.32 Å². The molecule has 2 unspecified atom stereocenters. The summed E-state index contributed by atoms with van der Waals surface area (Å²) < 4.78 is 10.2. The van der Waals surface area contributed by atoms with E-state index in [-0.39, 0.29) is 5.91 Å². The summed E-state index contributed by atoms with van der Waals surface area (Å²) in [5.41, 5.74) is -0.791. The number of rotatable bonds is 4. The smallest absolute Gasteiger partial charge is 0.328 e. The van der Waals surface area contributed by atoms with Crippen LogP contribution in [0.15, 0.2) is 0 Å². The molecule has 92 valence electrons. The molecular formula is C11H19NO4. The lowest BCUT2D eigenvalue weighted by Crippen LogP contribution is -2.50. The van der Waals surface area contributed by atoms with E-state index in [4.69, 9.17) is 9.47 Å². The first-order chi connectivity index (χ1) is 7.49. The van der Waals surface area contributed by atoms with Gasteiger partial charge in [0.1, 0.15) is 11.6 Å². The topological polar surface area (TPSA) is 64.6 Å². The number of esters is 1. The Morgan fingerprint density at radius 2 is 2.25 bits per heavy atom. The number of hydrogen-bond donors (Lipinski definition) is 1. The molecule has 1 saturated heterocycles. The Bertz CT molecular complexity index is 271. The van der Waals surface area contributed by atoms with E-state index in [0.29, 0.717) is 19.6 Å². The maximum absolute atomic E-state index is 11.8. The Kier molecular flexibility index (Phi) is 4.29. The molecular weight excluding hydrogens is 210 g/mol. The van der Waals surface area contributed by atoms with E-state index in [1.54, 1.807) is 20.8 Å². The zero-order valence-electron chi connectivity index (χ0n) is 10.0. The number of nitrogens with one attached hydrogen (secondary N) is 1. The Labute approximate surface area is 95.5 Å². The van der Waals surface area contributed by atoms with E-state index >= 15 is 0 Å². The molecule has 1 rings (SSSR count). The molecule has 1 heterocycles. The first kappa shape index (κ1) is 13.0. The predicted octanol–water partition coefficient (Wildman–Crippen LogP) is 0.623. The van der Waals surface area contributed by atoms with E-state index in [9.17, 15) is 9.59 Å². The second-order valence-electron chi connectivity index (χ2n) is 4.13. The number of ether oxygens (including phenoxy) is 2. The quantitative estimate of drug-likeness (QED) is 0.718. The van der Waals surface area contributed by atoms with Crippen LogP contribution in [0.5, 0.6) is 0 Å². The van der Waals surface area contributed by atoms with E-state index < -0.39 is 17.6 Å². The highest BCUT2D eigenvalue weighted by atomic mass is 16.5. The monoisotopic (exact) mass is 229 g/mol. The van der Waals surface area contributed by atoms with Gasteiger partial charge in [-0.05, 0) is 33.6 Å². The van der Waals surface area contributed by atoms with Gasteiger partial charge in [0.15, 0.2) is 0 Å². The van der Waals surface area contributed by atoms with Crippen LogP contribution in [0.3, 0.4) is 0 Å². The lowest BCUT2D eigenvalue weighted by atomic mass is 10.0. The first-order valence-corrected chi connectivity index (χ1v) is 5.61. The molecule has 0 spiro atoms. The summed E-state index contributed by atoms with van der Waals surface area (Å²) >= 11 is 0. The van der Waals surface area contributed by atoms with Gasteiger partial charge >= 0.3 is 5.97 Å². The molecule has 16 heavy (non-hydrogen) atoms. The van der Waals surface area contributed by atoms with Crippen molar-refractivity contribution in [2.75, 3.05) is 13.2 Å². The molecule has 1 aliphatic heterocycles. The highest BCUT2D eigenvalue weighted by Gasteiger charge is 2.38. The van der Waals surface area contributed by atoms with Gasteiger partial charge in [-0.15, -0.1) is 0 Å². The summed E-state index contributed by atoms with van der Waals surface area (Å²) in [5.74, 6) is -0.664. The minimum Gasteiger partial charge on any atom is -0.464 e. The molecule has 0 aromatic rings. The van der Waals surface area contributed by atoms with Crippen molar-refractivity contribution in [3.05, 3.63) is 0 Å². The highest BCUT2D eigenvalue weighted by Crippen LogP contribution is 2.25. The Hall–Kier alpha value is -1.10. The third kappa shape index (κ3) is 2.95. The molecule has 1 amide bonds. The SMILES string of the molecule is CCOC(=O)C(C)NC(=O)C1(C)CCCO1. The van der Waals surface area contributed by atoms with Gasteiger partial charge in [0.05, 0.1) is 6.61 Å². The molecule has 5 heteroatoms. The van der Waals surface area contributed by atoms with Crippen LogP contribution in [-0.4, -0.2) is 36.7 Å². The molecule has 0 aromatic heterocycles. The third-order valence-corrected chi connectivity index (χ3v) is 2.69. The fourth-order valence-corrected chi connectivity index (χ4v) is 1.63. The standard InChI is InChI=1S/C11H19NO4/c1-4-15-9(13)8(2)12-10(14)11(3)6-5-7-16-11/h8H,4-7H2,1-3H3,(H,12,14). The van der Waals surface area contributed by atoms with E-state index in [0.717, 1.165) is 6.42 Å². The van der Waals surface area contributed by atoms with Crippen LogP contribution in [-0.2, 0) is 19.1 Å². The average Bonchev–Trinajstić information content (AvgIpc) is 2.66. The molecule has 1 aliphatic rings. The zero-order chi connectivity index (χ0) is 12.2. The van der Waals surface area contributed by atoms with Gasteiger partial charge < -0.3 is 14.8 Å². The van der Waals surface area contributed by atoms with Gasteiger partial charge in [0.2, 0.25) is 0 Å². The lowest BCUT2D eigenvalue weighted by molar-refractivity contribution is -0.150. The van der Waals surface area contributed by atoms with Crippen LogP contribution < -0.4 is 5.32 Å². The number of hydrogen-bond acceptors (Lipinski definition) is 4. The van der Waals surface area contributed by atoms with Gasteiger partial charge in [-0.2, -0.15) is 0 Å². The van der Waals surface area contributed by atoms with Gasteiger partial charge in [0, 0.05) is 6.61 Å². The van der Waals surface area contributed by atoms with Crippen LogP contribution >= 0.6 is 0 Å². The summed E-state index contributed by atoms with van der Waals surface area (Å²) in [6, 6.07) is -0.631. The van der Waals surface area contributed by atoms with Crippen molar-refractivity contribution < 1.29 is 19.1 Å². The molecule has 1 fully saturated rings. The largest absolute Gasteiger partial charge is 0.464 e. The molecule has 0 saturated carbocycles. The van der Waals surface area contributed by atoms with Crippen molar-refractivity contribution in [2.24, 2.45) is 0 Å². The molecule has 5 nitrogen and oxygen atoms in total. The van der Waals surface area contributed by atoms with Crippen molar-refractivity contribution in [3.63, 3.8) is 0 Å². The molecule has 0 aliphatic carbocycles. The minimum absolute atomic E-state index is 0.245. The second-order valence-corrected chi connectivity index (χ2v) is 4.13. The summed E-state index contributed by atoms with van der Waals surface area (Å²) in [7, 11) is 0. The van der Waals surface area contributed by atoms with Gasteiger partial charge in [-0.25, -0.2) is 4.79 Å². The lowest BCUT2D eigenvalue weighted by Gasteiger charge is -2.23. The Morgan fingerprint density at radius 1 is 1.56 bits per heavy atom. The van der Waals surface area contributed by atoms with Crippen molar-refractivity contribution in [1.29, 1.82) is 0 Å². The van der Waals surface area contributed by atoms with E-state index in [1.165, 1.54) is 0 Å². The van der Waals surface area contributed by atoms with Gasteiger partial charge in [-0.1, -0.05) is 0 Å².